The zero-order valence-electron chi connectivity index (χ0n) is 9.02. The molecule has 5 nitrogen and oxygen atoms in total. The largest absolute Gasteiger partial charge is 0.399 e. The number of nitrogens with zero attached hydrogens (tertiary/aromatic N) is 1. The van der Waals surface area contributed by atoms with Gasteiger partial charge in [0.1, 0.15) is 11.6 Å². The summed E-state index contributed by atoms with van der Waals surface area (Å²) in [4.78, 5) is 2.63. The van der Waals surface area contributed by atoms with Crippen molar-refractivity contribution in [1.29, 1.82) is 0 Å². The van der Waals surface area contributed by atoms with Gasteiger partial charge in [0.2, 0.25) is 0 Å². The molecule has 102 valence electrons. The number of sulfonamides is 1. The van der Waals surface area contributed by atoms with Crippen LogP contribution in [-0.2, 0) is 10.0 Å². The second-order valence-corrected chi connectivity index (χ2v) is 7.42. The minimum absolute atomic E-state index is 0.0116. The molecule has 0 radical (unpaired) electrons. The Kier molecular flexibility index (Phi) is 3.74. The topological polar surface area (TPSA) is 85.1 Å². The van der Waals surface area contributed by atoms with Crippen LogP contribution >= 0.6 is 27.3 Å². The van der Waals surface area contributed by atoms with Crippen molar-refractivity contribution in [1.82, 2.24) is 4.98 Å². The molecule has 0 unspecified atom stereocenters. The van der Waals surface area contributed by atoms with Gasteiger partial charge in [-0.25, -0.2) is 22.2 Å². The van der Waals surface area contributed by atoms with E-state index in [4.69, 9.17) is 5.73 Å². The van der Waals surface area contributed by atoms with E-state index in [0.29, 0.717) is 3.79 Å². The highest BCUT2D eigenvalue weighted by atomic mass is 79.9. The number of benzene rings is 1. The van der Waals surface area contributed by atoms with Gasteiger partial charge in [0.05, 0.1) is 9.98 Å². The first-order valence-electron chi connectivity index (χ1n) is 4.68. The fourth-order valence-corrected chi connectivity index (χ4v) is 3.77. The molecule has 0 aliphatic carbocycles. The van der Waals surface area contributed by atoms with E-state index >= 15 is 0 Å². The predicted octanol–water partition coefficient (Wildman–Crippen LogP) is 2.57. The van der Waals surface area contributed by atoms with Crippen molar-refractivity contribution in [2.24, 2.45) is 0 Å². The third-order valence-electron chi connectivity index (χ3n) is 1.99. The van der Waals surface area contributed by atoms with E-state index in [0.717, 1.165) is 23.5 Å². The van der Waals surface area contributed by atoms with Crippen molar-refractivity contribution < 1.29 is 17.2 Å². The molecule has 19 heavy (non-hydrogen) atoms. The summed E-state index contributed by atoms with van der Waals surface area (Å²) in [6, 6.07) is 1.46. The quantitative estimate of drug-likeness (QED) is 0.814. The van der Waals surface area contributed by atoms with Gasteiger partial charge in [-0.1, -0.05) is 11.3 Å². The van der Waals surface area contributed by atoms with Crippen LogP contribution in [0.4, 0.5) is 19.6 Å². The Bertz CT molecular complexity index is 710. The lowest BCUT2D eigenvalue weighted by molar-refractivity contribution is 0.522. The zero-order chi connectivity index (χ0) is 14.2. The van der Waals surface area contributed by atoms with E-state index in [1.807, 2.05) is 4.72 Å². The highest BCUT2D eigenvalue weighted by molar-refractivity contribution is 9.11. The summed E-state index contributed by atoms with van der Waals surface area (Å²) in [5.74, 6) is -2.53. The number of anilines is 2. The van der Waals surface area contributed by atoms with Crippen molar-refractivity contribution in [3.8, 4) is 0 Å². The van der Waals surface area contributed by atoms with Crippen LogP contribution in [0.1, 0.15) is 0 Å². The van der Waals surface area contributed by atoms with Gasteiger partial charge in [-0.05, 0) is 28.1 Å². The summed E-state index contributed by atoms with van der Waals surface area (Å²) in [5, 5.41) is -0.0116. The summed E-state index contributed by atoms with van der Waals surface area (Å²) >= 11 is 4.06. The van der Waals surface area contributed by atoms with Gasteiger partial charge in [0.25, 0.3) is 10.0 Å². The van der Waals surface area contributed by atoms with Crippen LogP contribution in [0, 0.1) is 11.6 Å². The number of nitrogens with two attached hydrogens (primary N) is 1. The van der Waals surface area contributed by atoms with E-state index < -0.39 is 26.6 Å². The minimum atomic E-state index is -4.41. The molecular weight excluding hydrogens is 364 g/mol. The third kappa shape index (κ3) is 3.01. The zero-order valence-corrected chi connectivity index (χ0v) is 12.2. The normalized spacial score (nSPS) is 11.5. The first kappa shape index (κ1) is 14.2. The Balaban J connectivity index is 2.45. The van der Waals surface area contributed by atoms with E-state index in [-0.39, 0.29) is 10.8 Å². The molecule has 2 rings (SSSR count). The number of halogens is 3. The summed E-state index contributed by atoms with van der Waals surface area (Å²) in [5.41, 5.74) is 5.01. The Morgan fingerprint density at radius 1 is 1.32 bits per heavy atom. The maximum Gasteiger partial charge on any atom is 0.269 e. The average molecular weight is 370 g/mol. The van der Waals surface area contributed by atoms with Gasteiger partial charge in [-0.2, -0.15) is 0 Å². The van der Waals surface area contributed by atoms with Crippen LogP contribution in [0.25, 0.3) is 0 Å². The van der Waals surface area contributed by atoms with Gasteiger partial charge < -0.3 is 5.73 Å². The summed E-state index contributed by atoms with van der Waals surface area (Å²) in [6.07, 6.45) is 1.36. The summed E-state index contributed by atoms with van der Waals surface area (Å²) in [6.45, 7) is 0. The summed E-state index contributed by atoms with van der Waals surface area (Å²) in [7, 11) is -4.41. The number of nitrogen functional groups attached to an aromatic ring is 1. The lowest BCUT2D eigenvalue weighted by Crippen LogP contribution is -2.16. The molecule has 0 amide bonds. The predicted molar refractivity (Wildman–Crippen MR) is 71.4 cm³/mol. The van der Waals surface area contributed by atoms with Crippen LogP contribution in [0.5, 0.6) is 0 Å². The molecular formula is C9H6BrF2N3O2S2. The third-order valence-corrected chi connectivity index (χ3v) is 4.90. The molecule has 0 saturated heterocycles. The SMILES string of the molecule is Nc1cc(F)c(S(=O)(=O)Nc2ncc(Br)s2)c(F)c1. The molecule has 3 N–H and O–H groups in total. The minimum Gasteiger partial charge on any atom is -0.399 e. The van der Waals surface area contributed by atoms with E-state index in [1.165, 1.54) is 6.20 Å². The molecule has 0 aliphatic heterocycles. The first-order valence-corrected chi connectivity index (χ1v) is 7.77. The van der Waals surface area contributed by atoms with Crippen molar-refractivity contribution in [3.63, 3.8) is 0 Å². The van der Waals surface area contributed by atoms with Crippen molar-refractivity contribution in [2.75, 3.05) is 10.5 Å². The van der Waals surface area contributed by atoms with Crippen LogP contribution in [0.15, 0.2) is 27.0 Å². The van der Waals surface area contributed by atoms with E-state index in [1.54, 1.807) is 0 Å². The number of hydrogen-bond acceptors (Lipinski definition) is 5. The number of thiazole rings is 1. The van der Waals surface area contributed by atoms with Gasteiger partial charge in [-0.15, -0.1) is 0 Å². The molecule has 0 aliphatic rings. The second-order valence-electron chi connectivity index (χ2n) is 3.39. The number of nitrogens with one attached hydrogen (secondary N) is 1. The van der Waals surface area contributed by atoms with E-state index in [2.05, 4.69) is 20.9 Å². The van der Waals surface area contributed by atoms with Crippen molar-refractivity contribution in [3.05, 3.63) is 33.8 Å². The highest BCUT2D eigenvalue weighted by Gasteiger charge is 2.25. The molecule has 1 aromatic carbocycles. The van der Waals surface area contributed by atoms with Crippen molar-refractivity contribution in [2.45, 2.75) is 4.90 Å². The Morgan fingerprint density at radius 3 is 2.37 bits per heavy atom. The standard InChI is InChI=1S/C9H6BrF2N3O2S2/c10-7-3-14-9(18-7)15-19(16,17)8-5(11)1-4(13)2-6(8)12/h1-3H,13H2,(H,14,15). The monoisotopic (exact) mass is 369 g/mol. The van der Waals surface area contributed by atoms with Crippen LogP contribution in [-0.4, -0.2) is 13.4 Å². The molecule has 2 aromatic rings. The average Bonchev–Trinajstić information content (AvgIpc) is 2.60. The van der Waals surface area contributed by atoms with E-state index in [9.17, 15) is 17.2 Å². The number of aromatic nitrogens is 1. The van der Waals surface area contributed by atoms with Gasteiger partial charge in [-0.3, -0.25) is 4.72 Å². The fraction of sp³-hybridized carbons (Fsp3) is 0. The smallest absolute Gasteiger partial charge is 0.269 e. The Labute approximate surface area is 119 Å². The summed E-state index contributed by atoms with van der Waals surface area (Å²) < 4.78 is 53.4. The molecule has 0 atom stereocenters. The first-order chi connectivity index (χ1) is 8.79. The number of hydrogen-bond donors (Lipinski definition) is 2. The maximum atomic E-state index is 13.5. The van der Waals surface area contributed by atoms with Crippen LogP contribution in [0.2, 0.25) is 0 Å². The Morgan fingerprint density at radius 2 is 1.89 bits per heavy atom. The molecule has 1 aromatic heterocycles. The Hall–Kier alpha value is -1.26. The van der Waals surface area contributed by atoms with Gasteiger partial charge in [0.15, 0.2) is 10.0 Å². The fourth-order valence-electron chi connectivity index (χ4n) is 1.30. The lowest BCUT2D eigenvalue weighted by atomic mass is 10.3. The second kappa shape index (κ2) is 5.02. The number of rotatable bonds is 3. The molecule has 0 saturated carbocycles. The molecule has 0 bridgehead atoms. The van der Waals surface area contributed by atoms with Crippen LogP contribution in [0.3, 0.4) is 0 Å². The highest BCUT2D eigenvalue weighted by Crippen LogP contribution is 2.28. The molecule has 0 spiro atoms. The van der Waals surface area contributed by atoms with Crippen LogP contribution < -0.4 is 10.5 Å². The van der Waals surface area contributed by atoms with Gasteiger partial charge in [0, 0.05) is 5.69 Å². The molecule has 0 fully saturated rings. The van der Waals surface area contributed by atoms with Gasteiger partial charge >= 0.3 is 0 Å². The molecule has 1 heterocycles. The maximum absolute atomic E-state index is 13.5. The molecule has 10 heteroatoms. The lowest BCUT2D eigenvalue weighted by Gasteiger charge is -2.08. The van der Waals surface area contributed by atoms with Crippen molar-refractivity contribution >= 4 is 48.1 Å².